The standard InChI is InChI=1S/C84H164O17P2/c1-7-9-11-13-14-15-16-17-18-19-20-21-22-23-24-29-35-40-45-50-56-63-69-84(89)101-80(73-95-82(87)67-61-55-49-44-39-34-28-26-25-27-32-37-42-47-53-58-64-76(3)4)75-99-103(92,93)97-71-78(85)70-96-102(90,91)98-74-79(72-94-81(86)66-60-52-12-10-8-2)100-83(88)68-62-57-51-46-41-36-31-30-33-38-43-48-54-59-65-77(5)6/h76-80,85H,7-75H2,1-6H3,(H,90,91)(H,92,93)/t78-,79+,80+/m0/s1. The Bertz CT molecular complexity index is 1980. The van der Waals surface area contributed by atoms with Gasteiger partial charge >= 0.3 is 39.5 Å². The van der Waals surface area contributed by atoms with Crippen LogP contribution in [-0.2, 0) is 65.4 Å². The lowest BCUT2D eigenvalue weighted by Crippen LogP contribution is -2.30. The quantitative estimate of drug-likeness (QED) is 0.0222. The van der Waals surface area contributed by atoms with Gasteiger partial charge in [-0.2, -0.15) is 0 Å². The van der Waals surface area contributed by atoms with Gasteiger partial charge in [-0.1, -0.05) is 395 Å². The van der Waals surface area contributed by atoms with Crippen molar-refractivity contribution in [1.29, 1.82) is 0 Å². The Morgan fingerprint density at radius 1 is 0.262 bits per heavy atom. The fourth-order valence-corrected chi connectivity index (χ4v) is 14.6. The molecule has 0 fully saturated rings. The lowest BCUT2D eigenvalue weighted by atomic mass is 10.0. The highest BCUT2D eigenvalue weighted by Gasteiger charge is 2.30. The number of rotatable bonds is 83. The topological polar surface area (TPSA) is 237 Å². The van der Waals surface area contributed by atoms with Gasteiger partial charge in [0.15, 0.2) is 12.2 Å². The van der Waals surface area contributed by atoms with E-state index in [1.54, 1.807) is 0 Å². The van der Waals surface area contributed by atoms with E-state index in [1.165, 1.54) is 257 Å². The summed E-state index contributed by atoms with van der Waals surface area (Å²) in [5.41, 5.74) is 0. The van der Waals surface area contributed by atoms with E-state index in [1.807, 2.05) is 0 Å². The molecule has 5 atom stereocenters. The molecule has 0 aromatic heterocycles. The third-order valence-corrected chi connectivity index (χ3v) is 21.6. The van der Waals surface area contributed by atoms with E-state index in [4.69, 9.17) is 37.0 Å². The number of aliphatic hydroxyl groups excluding tert-OH is 1. The summed E-state index contributed by atoms with van der Waals surface area (Å²) < 4.78 is 68.6. The summed E-state index contributed by atoms with van der Waals surface area (Å²) in [6, 6.07) is 0. The third-order valence-electron chi connectivity index (χ3n) is 19.7. The van der Waals surface area contributed by atoms with Crippen molar-refractivity contribution in [2.24, 2.45) is 11.8 Å². The Hall–Kier alpha value is -1.94. The molecule has 103 heavy (non-hydrogen) atoms. The van der Waals surface area contributed by atoms with Crippen LogP contribution in [0.4, 0.5) is 0 Å². The van der Waals surface area contributed by atoms with Gasteiger partial charge in [-0.3, -0.25) is 37.3 Å². The molecule has 612 valence electrons. The molecule has 17 nitrogen and oxygen atoms in total. The Kier molecular flexibility index (Phi) is 74.1. The van der Waals surface area contributed by atoms with Crippen LogP contribution in [0.3, 0.4) is 0 Å². The summed E-state index contributed by atoms with van der Waals surface area (Å²) in [4.78, 5) is 72.8. The van der Waals surface area contributed by atoms with E-state index in [9.17, 15) is 43.2 Å². The van der Waals surface area contributed by atoms with E-state index in [0.717, 1.165) is 108 Å². The summed E-state index contributed by atoms with van der Waals surface area (Å²) in [5, 5.41) is 10.6. The maximum absolute atomic E-state index is 13.1. The van der Waals surface area contributed by atoms with E-state index < -0.39 is 97.5 Å². The SMILES string of the molecule is CCCCCCCCCCCCCCCCCCCCCCCCC(=O)O[C@H](COC(=O)CCCCCCCCCCCCCCCCCCC(C)C)COP(=O)(O)OC[C@@H](O)COP(=O)(O)OC[C@@H](COC(=O)CCCCCCC)OC(=O)CCCCCCCCCCCCCCCCC(C)C. The number of aliphatic hydroxyl groups is 1. The average Bonchev–Trinajstić information content (AvgIpc) is 0.974. The van der Waals surface area contributed by atoms with Crippen LogP contribution in [0, 0.1) is 11.8 Å². The van der Waals surface area contributed by atoms with E-state index in [0.29, 0.717) is 25.7 Å². The van der Waals surface area contributed by atoms with Crippen LogP contribution in [0.2, 0.25) is 0 Å². The number of hydrogen-bond acceptors (Lipinski definition) is 15. The van der Waals surface area contributed by atoms with Crippen LogP contribution in [0.5, 0.6) is 0 Å². The van der Waals surface area contributed by atoms with Crippen molar-refractivity contribution in [3.63, 3.8) is 0 Å². The molecule has 0 bridgehead atoms. The maximum atomic E-state index is 13.1. The van der Waals surface area contributed by atoms with Crippen molar-refractivity contribution >= 4 is 39.5 Å². The second kappa shape index (κ2) is 75.5. The molecule has 0 heterocycles. The average molecular weight is 1510 g/mol. The summed E-state index contributed by atoms with van der Waals surface area (Å²) in [6.07, 6.45) is 67.2. The summed E-state index contributed by atoms with van der Waals surface area (Å²) >= 11 is 0. The molecule has 0 aliphatic rings. The normalized spacial score (nSPS) is 13.9. The first kappa shape index (κ1) is 101. The minimum absolute atomic E-state index is 0.107. The number of unbranched alkanes of at least 4 members (excludes halogenated alkanes) is 53. The number of phosphoric acid groups is 2. The molecular formula is C84H164O17P2. The number of hydrogen-bond donors (Lipinski definition) is 3. The molecular weight excluding hydrogens is 1340 g/mol. The van der Waals surface area contributed by atoms with E-state index in [-0.39, 0.29) is 25.7 Å². The summed E-state index contributed by atoms with van der Waals surface area (Å²) in [5.74, 6) is -0.509. The molecule has 19 heteroatoms. The lowest BCUT2D eigenvalue weighted by Gasteiger charge is -2.21. The second-order valence-corrected chi connectivity index (χ2v) is 34.1. The lowest BCUT2D eigenvalue weighted by molar-refractivity contribution is -0.161. The summed E-state index contributed by atoms with van der Waals surface area (Å²) in [7, 11) is -9.91. The number of esters is 4. The highest BCUT2D eigenvalue weighted by Crippen LogP contribution is 2.45. The van der Waals surface area contributed by atoms with Gasteiger partial charge in [-0.05, 0) is 37.5 Å². The largest absolute Gasteiger partial charge is 0.472 e. The minimum atomic E-state index is -4.96. The number of phosphoric ester groups is 2. The molecule has 0 saturated carbocycles. The minimum Gasteiger partial charge on any atom is -0.462 e. The first-order valence-electron chi connectivity index (χ1n) is 43.5. The van der Waals surface area contributed by atoms with Gasteiger partial charge in [0.2, 0.25) is 0 Å². The predicted octanol–water partition coefficient (Wildman–Crippen LogP) is 25.5. The highest BCUT2D eigenvalue weighted by molar-refractivity contribution is 7.47. The molecule has 0 aromatic rings. The fourth-order valence-electron chi connectivity index (χ4n) is 13.1. The first-order valence-corrected chi connectivity index (χ1v) is 46.5. The van der Waals surface area contributed by atoms with Crippen molar-refractivity contribution in [1.82, 2.24) is 0 Å². The van der Waals surface area contributed by atoms with Gasteiger partial charge in [0, 0.05) is 25.7 Å². The molecule has 0 radical (unpaired) electrons. The Balaban J connectivity index is 5.10. The maximum Gasteiger partial charge on any atom is 0.472 e. The molecule has 0 spiro atoms. The smallest absolute Gasteiger partial charge is 0.462 e. The van der Waals surface area contributed by atoms with Crippen molar-refractivity contribution < 1.29 is 80.2 Å². The van der Waals surface area contributed by atoms with Gasteiger partial charge in [-0.25, -0.2) is 9.13 Å². The van der Waals surface area contributed by atoms with Crippen molar-refractivity contribution in [2.75, 3.05) is 39.6 Å². The van der Waals surface area contributed by atoms with Crippen molar-refractivity contribution in [3.8, 4) is 0 Å². The molecule has 0 aliphatic carbocycles. The Morgan fingerprint density at radius 2 is 0.447 bits per heavy atom. The van der Waals surface area contributed by atoms with Crippen LogP contribution < -0.4 is 0 Å². The van der Waals surface area contributed by atoms with Crippen LogP contribution in [0.1, 0.15) is 446 Å². The molecule has 0 aliphatic heterocycles. The van der Waals surface area contributed by atoms with E-state index >= 15 is 0 Å². The Labute approximate surface area is 632 Å². The zero-order valence-corrected chi connectivity index (χ0v) is 69.4. The Morgan fingerprint density at radius 3 is 0.660 bits per heavy atom. The van der Waals surface area contributed by atoms with Crippen LogP contribution in [0.15, 0.2) is 0 Å². The zero-order chi connectivity index (χ0) is 75.6. The third kappa shape index (κ3) is 78.0. The molecule has 0 aromatic carbocycles. The first-order chi connectivity index (χ1) is 49.9. The van der Waals surface area contributed by atoms with Crippen LogP contribution in [0.25, 0.3) is 0 Å². The molecule has 2 unspecified atom stereocenters. The fraction of sp³-hybridized carbons (Fsp3) is 0.952. The molecule has 0 saturated heterocycles. The van der Waals surface area contributed by atoms with Gasteiger partial charge in [0.25, 0.3) is 0 Å². The number of carbonyl (C=O) groups excluding carboxylic acids is 4. The van der Waals surface area contributed by atoms with Crippen molar-refractivity contribution in [2.45, 2.75) is 464 Å². The van der Waals surface area contributed by atoms with Crippen LogP contribution >= 0.6 is 15.6 Å². The van der Waals surface area contributed by atoms with Gasteiger partial charge < -0.3 is 33.8 Å². The van der Waals surface area contributed by atoms with Gasteiger partial charge in [0.05, 0.1) is 26.4 Å². The molecule has 0 rings (SSSR count). The molecule has 3 N–H and O–H groups in total. The number of ether oxygens (including phenoxy) is 4. The van der Waals surface area contributed by atoms with Crippen molar-refractivity contribution in [3.05, 3.63) is 0 Å². The monoisotopic (exact) mass is 1510 g/mol. The van der Waals surface area contributed by atoms with Gasteiger partial charge in [-0.15, -0.1) is 0 Å². The van der Waals surface area contributed by atoms with Gasteiger partial charge in [0.1, 0.15) is 19.3 Å². The predicted molar refractivity (Wildman–Crippen MR) is 423 cm³/mol. The number of carbonyl (C=O) groups is 4. The highest BCUT2D eigenvalue weighted by atomic mass is 31.2. The van der Waals surface area contributed by atoms with Crippen LogP contribution in [-0.4, -0.2) is 96.7 Å². The second-order valence-electron chi connectivity index (χ2n) is 31.2. The molecule has 0 amide bonds. The summed E-state index contributed by atoms with van der Waals surface area (Å²) in [6.45, 7) is 9.61. The van der Waals surface area contributed by atoms with E-state index in [2.05, 4.69) is 41.5 Å². The zero-order valence-electron chi connectivity index (χ0n) is 67.6.